The van der Waals surface area contributed by atoms with E-state index < -0.39 is 11.6 Å². The van der Waals surface area contributed by atoms with Crippen LogP contribution in [0.4, 0.5) is 8.78 Å². The minimum Gasteiger partial charge on any atom is -0.494 e. The van der Waals surface area contributed by atoms with Gasteiger partial charge in [0.1, 0.15) is 0 Å². The Bertz CT molecular complexity index is 317. The summed E-state index contributed by atoms with van der Waals surface area (Å²) in [7, 11) is 1.28. The molecule has 0 radical (unpaired) electrons. The van der Waals surface area contributed by atoms with Gasteiger partial charge in [-0.25, -0.2) is 8.78 Å². The Labute approximate surface area is 81.4 Å². The molecule has 0 aromatic heterocycles. The van der Waals surface area contributed by atoms with Crippen molar-refractivity contribution < 1.29 is 13.5 Å². The fraction of sp³-hybridized carbons (Fsp3) is 0.143. The second kappa shape index (κ2) is 3.58. The molecule has 1 rings (SSSR count). The number of hydrogen-bond donors (Lipinski definition) is 0. The largest absolute Gasteiger partial charge is 0.494 e. The molecule has 0 atom stereocenters. The van der Waals surface area contributed by atoms with E-state index >= 15 is 0 Å². The molecule has 1 aromatic rings. The van der Waals surface area contributed by atoms with E-state index in [0.29, 0.717) is 0 Å². The Hall–Kier alpha value is -0.350. The summed E-state index contributed by atoms with van der Waals surface area (Å²) in [5.74, 6) is -1.71. The highest BCUT2D eigenvalue weighted by atomic mass is 79.9. The van der Waals surface area contributed by atoms with Crippen LogP contribution in [0.3, 0.4) is 0 Å². The lowest BCUT2D eigenvalue weighted by Gasteiger charge is -2.05. The molecule has 0 amide bonds. The van der Waals surface area contributed by atoms with Gasteiger partial charge in [0.05, 0.1) is 16.6 Å². The molecule has 0 aliphatic heterocycles. The Morgan fingerprint density at radius 3 is 2.50 bits per heavy atom. The van der Waals surface area contributed by atoms with Gasteiger partial charge in [-0.2, -0.15) is 0 Å². The SMILES string of the molecule is COc1cc(Cl)c(F)c(Br)c1F. The molecule has 0 unspecified atom stereocenters. The standard InChI is InChI=1S/C7H4BrClF2O/c1-12-4-2-3(9)6(10)5(8)7(4)11/h2H,1H3. The molecule has 5 heteroatoms. The number of ether oxygens (including phenoxy) is 1. The molecule has 0 fully saturated rings. The van der Waals surface area contributed by atoms with Crippen molar-refractivity contribution in [1.29, 1.82) is 0 Å². The summed E-state index contributed by atoms with van der Waals surface area (Å²) in [6, 6.07) is 1.08. The van der Waals surface area contributed by atoms with Gasteiger partial charge in [0.25, 0.3) is 0 Å². The van der Waals surface area contributed by atoms with Crippen LogP contribution in [-0.4, -0.2) is 7.11 Å². The quantitative estimate of drug-likeness (QED) is 0.553. The summed E-state index contributed by atoms with van der Waals surface area (Å²) in [5.41, 5.74) is 0. The van der Waals surface area contributed by atoms with Crippen molar-refractivity contribution in [3.63, 3.8) is 0 Å². The monoisotopic (exact) mass is 256 g/mol. The average molecular weight is 257 g/mol. The number of rotatable bonds is 1. The zero-order valence-corrected chi connectivity index (χ0v) is 8.34. The fourth-order valence-electron chi connectivity index (χ4n) is 0.700. The van der Waals surface area contributed by atoms with Crippen molar-refractivity contribution in [1.82, 2.24) is 0 Å². The first-order valence-corrected chi connectivity index (χ1v) is 4.12. The Morgan fingerprint density at radius 2 is 2.00 bits per heavy atom. The van der Waals surface area contributed by atoms with E-state index in [-0.39, 0.29) is 15.2 Å². The van der Waals surface area contributed by atoms with Crippen LogP contribution in [0.5, 0.6) is 5.75 Å². The molecule has 0 saturated heterocycles. The van der Waals surface area contributed by atoms with Crippen LogP contribution in [0, 0.1) is 11.6 Å². The van der Waals surface area contributed by atoms with Crippen LogP contribution in [0.1, 0.15) is 0 Å². The predicted molar refractivity (Wildman–Crippen MR) is 45.6 cm³/mol. The molecule has 1 aromatic carbocycles. The van der Waals surface area contributed by atoms with Crippen LogP contribution in [0.25, 0.3) is 0 Å². The van der Waals surface area contributed by atoms with E-state index in [1.807, 2.05) is 0 Å². The maximum Gasteiger partial charge on any atom is 0.182 e. The van der Waals surface area contributed by atoms with Gasteiger partial charge < -0.3 is 4.74 Å². The number of halogens is 4. The van der Waals surface area contributed by atoms with E-state index in [1.54, 1.807) is 0 Å². The molecule has 0 aliphatic rings. The summed E-state index contributed by atoms with van der Waals surface area (Å²) in [6.45, 7) is 0. The van der Waals surface area contributed by atoms with Gasteiger partial charge in [0.15, 0.2) is 17.4 Å². The highest BCUT2D eigenvalue weighted by Gasteiger charge is 2.15. The lowest BCUT2D eigenvalue weighted by Crippen LogP contribution is -1.92. The average Bonchev–Trinajstić information content (AvgIpc) is 2.08. The van der Waals surface area contributed by atoms with Gasteiger partial charge in [0, 0.05) is 6.07 Å². The van der Waals surface area contributed by atoms with Crippen LogP contribution in [0.15, 0.2) is 10.5 Å². The van der Waals surface area contributed by atoms with Gasteiger partial charge >= 0.3 is 0 Å². The Balaban J connectivity index is 3.39. The summed E-state index contributed by atoms with van der Waals surface area (Å²) < 4.78 is 30.1. The van der Waals surface area contributed by atoms with Crippen LogP contribution in [0.2, 0.25) is 5.02 Å². The minimum absolute atomic E-state index is 0.0896. The van der Waals surface area contributed by atoms with Crippen molar-refractivity contribution in [3.8, 4) is 5.75 Å². The highest BCUT2D eigenvalue weighted by molar-refractivity contribution is 9.10. The predicted octanol–water partition coefficient (Wildman–Crippen LogP) is 3.39. The molecule has 0 heterocycles. The first-order valence-electron chi connectivity index (χ1n) is 2.95. The molecule has 0 saturated carbocycles. The van der Waals surface area contributed by atoms with E-state index in [2.05, 4.69) is 20.7 Å². The van der Waals surface area contributed by atoms with Gasteiger partial charge in [-0.15, -0.1) is 0 Å². The maximum absolute atomic E-state index is 13.0. The second-order valence-electron chi connectivity index (χ2n) is 2.00. The van der Waals surface area contributed by atoms with Gasteiger partial charge in [-0.05, 0) is 15.9 Å². The molecular weight excluding hydrogens is 253 g/mol. The van der Waals surface area contributed by atoms with Crippen LogP contribution in [-0.2, 0) is 0 Å². The number of hydrogen-bond acceptors (Lipinski definition) is 1. The van der Waals surface area contributed by atoms with Crippen molar-refractivity contribution in [2.24, 2.45) is 0 Å². The zero-order chi connectivity index (χ0) is 9.30. The highest BCUT2D eigenvalue weighted by Crippen LogP contribution is 2.32. The van der Waals surface area contributed by atoms with Crippen molar-refractivity contribution >= 4 is 27.5 Å². The summed E-state index contributed by atoms with van der Waals surface area (Å²) in [6.07, 6.45) is 0. The third-order valence-corrected chi connectivity index (χ3v) is 2.26. The molecule has 66 valence electrons. The van der Waals surface area contributed by atoms with Crippen LogP contribution < -0.4 is 4.74 Å². The summed E-state index contributed by atoms with van der Waals surface area (Å²) in [5, 5.41) is -0.180. The summed E-state index contributed by atoms with van der Waals surface area (Å²) in [4.78, 5) is 0. The van der Waals surface area contributed by atoms with E-state index in [1.165, 1.54) is 7.11 Å². The third-order valence-electron chi connectivity index (χ3n) is 1.29. The molecular formula is C7H4BrClF2O. The molecule has 0 bridgehead atoms. The smallest absolute Gasteiger partial charge is 0.182 e. The van der Waals surface area contributed by atoms with Crippen LogP contribution >= 0.6 is 27.5 Å². The Morgan fingerprint density at radius 1 is 1.42 bits per heavy atom. The molecule has 12 heavy (non-hydrogen) atoms. The lowest BCUT2D eigenvalue weighted by molar-refractivity contribution is 0.382. The van der Waals surface area contributed by atoms with E-state index in [0.717, 1.165) is 6.07 Å². The molecule has 0 aliphatic carbocycles. The van der Waals surface area contributed by atoms with E-state index in [9.17, 15) is 8.78 Å². The van der Waals surface area contributed by atoms with Gasteiger partial charge in [-0.3, -0.25) is 0 Å². The maximum atomic E-state index is 13.0. The first kappa shape index (κ1) is 9.74. The molecule has 0 spiro atoms. The second-order valence-corrected chi connectivity index (χ2v) is 3.20. The fourth-order valence-corrected chi connectivity index (χ4v) is 1.42. The molecule has 0 N–H and O–H groups in total. The number of benzene rings is 1. The van der Waals surface area contributed by atoms with Gasteiger partial charge in [0.2, 0.25) is 0 Å². The van der Waals surface area contributed by atoms with E-state index in [4.69, 9.17) is 11.6 Å². The minimum atomic E-state index is -0.824. The third kappa shape index (κ3) is 1.54. The normalized spacial score (nSPS) is 10.1. The zero-order valence-electron chi connectivity index (χ0n) is 6.00. The van der Waals surface area contributed by atoms with Gasteiger partial charge in [-0.1, -0.05) is 11.6 Å². The Kier molecular flexibility index (Phi) is 2.90. The summed E-state index contributed by atoms with van der Waals surface area (Å²) >= 11 is 8.13. The molecule has 1 nitrogen and oxygen atoms in total. The van der Waals surface area contributed by atoms with Crippen molar-refractivity contribution in [3.05, 3.63) is 27.2 Å². The lowest BCUT2D eigenvalue weighted by atomic mass is 10.3. The number of methoxy groups -OCH3 is 1. The topological polar surface area (TPSA) is 9.23 Å². The van der Waals surface area contributed by atoms with Crippen molar-refractivity contribution in [2.45, 2.75) is 0 Å². The van der Waals surface area contributed by atoms with Crippen molar-refractivity contribution in [2.75, 3.05) is 7.11 Å². The first-order chi connectivity index (χ1) is 5.57.